The highest BCUT2D eigenvalue weighted by molar-refractivity contribution is 7.41. The predicted octanol–water partition coefficient (Wildman–Crippen LogP) is 3.29. The summed E-state index contributed by atoms with van der Waals surface area (Å²) in [5.41, 5.74) is 6.87. The summed E-state index contributed by atoms with van der Waals surface area (Å²) in [4.78, 5) is 13.0. The summed E-state index contributed by atoms with van der Waals surface area (Å²) in [7, 11) is 22.0. The van der Waals surface area contributed by atoms with Crippen molar-refractivity contribution in [3.8, 4) is 0 Å². The van der Waals surface area contributed by atoms with Crippen LogP contribution in [0.2, 0.25) is 0 Å². The van der Waals surface area contributed by atoms with E-state index in [2.05, 4.69) is 169 Å². The SMILES string of the molecule is CN(C)c1ccc([Si](Cl)(c2ccc(N(C)C)cc2N(C)C)c2ccc(N(C)C)cc2N(C)C)c(N(C)C)c1. The summed E-state index contributed by atoms with van der Waals surface area (Å²) in [5.74, 6) is 0. The van der Waals surface area contributed by atoms with E-state index in [1.807, 2.05) is 0 Å². The molecule has 3 aromatic carbocycles. The molecule has 0 heterocycles. The molecule has 0 aromatic heterocycles. The minimum Gasteiger partial charge on any atom is -0.378 e. The van der Waals surface area contributed by atoms with E-state index in [0.29, 0.717) is 0 Å². The number of anilines is 6. The molecule has 206 valence electrons. The normalized spacial score (nSPS) is 11.3. The standard InChI is InChI=1S/C30H45ClN6Si/c1-32(2)22-13-16-28(25(19-22)35(7)8)38(31,29-17-14-23(33(3)4)20-26(29)36(9)10)30-18-15-24(34(5)6)21-27(30)37(11)12/h13-21H,1-12H3. The van der Waals surface area contributed by atoms with Crippen LogP contribution in [0.3, 0.4) is 0 Å². The van der Waals surface area contributed by atoms with Crippen LogP contribution in [0.25, 0.3) is 0 Å². The number of hydrogen-bond donors (Lipinski definition) is 0. The zero-order valence-electron chi connectivity index (χ0n) is 25.3. The van der Waals surface area contributed by atoms with Gasteiger partial charge in [0.2, 0.25) is 0 Å². The van der Waals surface area contributed by atoms with E-state index in [9.17, 15) is 0 Å². The van der Waals surface area contributed by atoms with Crippen molar-refractivity contribution in [3.63, 3.8) is 0 Å². The molecule has 3 rings (SSSR count). The maximum absolute atomic E-state index is 8.28. The van der Waals surface area contributed by atoms with Gasteiger partial charge in [-0.3, -0.25) is 0 Å². The lowest BCUT2D eigenvalue weighted by Gasteiger charge is -2.36. The number of rotatable bonds is 9. The maximum Gasteiger partial charge on any atom is 0.254 e. The van der Waals surface area contributed by atoms with Crippen LogP contribution in [-0.2, 0) is 0 Å². The highest BCUT2D eigenvalue weighted by atomic mass is 35.6. The molecule has 0 saturated heterocycles. The molecule has 0 saturated carbocycles. The highest BCUT2D eigenvalue weighted by Gasteiger charge is 2.44. The lowest BCUT2D eigenvalue weighted by molar-refractivity contribution is 1.10. The van der Waals surface area contributed by atoms with Crippen LogP contribution in [0, 0.1) is 0 Å². The zero-order valence-corrected chi connectivity index (χ0v) is 27.0. The van der Waals surface area contributed by atoms with Crippen molar-refractivity contribution in [2.45, 2.75) is 0 Å². The molecule has 0 bridgehead atoms. The molecule has 0 radical (unpaired) electrons. The number of hydrogen-bond acceptors (Lipinski definition) is 6. The average molecular weight is 553 g/mol. The molecule has 0 N–H and O–H groups in total. The van der Waals surface area contributed by atoms with E-state index >= 15 is 0 Å². The fourth-order valence-corrected chi connectivity index (χ4v) is 10.0. The second-order valence-electron chi connectivity index (χ2n) is 11.1. The van der Waals surface area contributed by atoms with E-state index in [1.54, 1.807) is 0 Å². The first-order valence-corrected chi connectivity index (χ1v) is 15.9. The Kier molecular flexibility index (Phi) is 8.84. The molecule has 8 heteroatoms. The Hall–Kier alpha value is -3.03. The van der Waals surface area contributed by atoms with Gasteiger partial charge < -0.3 is 29.4 Å². The molecule has 0 fully saturated rings. The summed E-state index contributed by atoms with van der Waals surface area (Å²) in [6.07, 6.45) is 0. The molecule has 0 unspecified atom stereocenters. The van der Waals surface area contributed by atoms with Crippen LogP contribution < -0.4 is 45.0 Å². The van der Waals surface area contributed by atoms with Crippen LogP contribution in [0.1, 0.15) is 0 Å². The molecular formula is C30H45ClN6Si. The lowest BCUT2D eigenvalue weighted by Crippen LogP contribution is -2.65. The summed E-state index contributed by atoms with van der Waals surface area (Å²) in [5, 5.41) is 3.53. The first-order valence-electron chi connectivity index (χ1n) is 12.9. The smallest absolute Gasteiger partial charge is 0.254 e. The zero-order chi connectivity index (χ0) is 28.5. The Bertz CT molecular complexity index is 1120. The third-order valence-corrected chi connectivity index (χ3v) is 12.4. The molecule has 0 spiro atoms. The van der Waals surface area contributed by atoms with Gasteiger partial charge in [-0.2, -0.15) is 0 Å². The Morgan fingerprint density at radius 2 is 0.632 bits per heavy atom. The van der Waals surface area contributed by atoms with Gasteiger partial charge in [0.25, 0.3) is 7.38 Å². The van der Waals surface area contributed by atoms with Crippen molar-refractivity contribution in [2.24, 2.45) is 0 Å². The fourth-order valence-electron chi connectivity index (χ4n) is 4.81. The van der Waals surface area contributed by atoms with Gasteiger partial charge in [0.05, 0.1) is 0 Å². The van der Waals surface area contributed by atoms with Crippen molar-refractivity contribution in [2.75, 3.05) is 114 Å². The van der Waals surface area contributed by atoms with Gasteiger partial charge in [0, 0.05) is 119 Å². The first-order chi connectivity index (χ1) is 17.7. The van der Waals surface area contributed by atoms with Crippen molar-refractivity contribution in [1.29, 1.82) is 0 Å². The van der Waals surface area contributed by atoms with Gasteiger partial charge in [0.1, 0.15) is 0 Å². The lowest BCUT2D eigenvalue weighted by atomic mass is 10.2. The Balaban J connectivity index is 2.53. The van der Waals surface area contributed by atoms with Gasteiger partial charge >= 0.3 is 0 Å². The molecule has 6 nitrogen and oxygen atoms in total. The third-order valence-electron chi connectivity index (χ3n) is 7.05. The summed E-state index contributed by atoms with van der Waals surface area (Å²) in [6, 6.07) is 20.1. The second kappa shape index (κ2) is 11.4. The van der Waals surface area contributed by atoms with E-state index in [-0.39, 0.29) is 0 Å². The number of nitrogens with zero attached hydrogens (tertiary/aromatic N) is 6. The van der Waals surface area contributed by atoms with E-state index in [4.69, 9.17) is 11.1 Å². The van der Waals surface area contributed by atoms with E-state index < -0.39 is 7.38 Å². The maximum atomic E-state index is 8.28. The Morgan fingerprint density at radius 1 is 0.395 bits per heavy atom. The predicted molar refractivity (Wildman–Crippen MR) is 176 cm³/mol. The summed E-state index contributed by atoms with van der Waals surface area (Å²) in [6.45, 7) is 0. The minimum absolute atomic E-state index is 1.14. The summed E-state index contributed by atoms with van der Waals surface area (Å²) >= 11 is 8.28. The molecule has 38 heavy (non-hydrogen) atoms. The fraction of sp³-hybridized carbons (Fsp3) is 0.400. The van der Waals surface area contributed by atoms with Crippen LogP contribution in [0.5, 0.6) is 0 Å². The summed E-state index contributed by atoms with van der Waals surface area (Å²) < 4.78 is 0. The molecule has 0 aliphatic heterocycles. The molecular weight excluding hydrogens is 508 g/mol. The molecule has 0 aliphatic rings. The Morgan fingerprint density at radius 3 is 0.816 bits per heavy atom. The molecule has 3 aromatic rings. The monoisotopic (exact) mass is 552 g/mol. The van der Waals surface area contributed by atoms with Crippen LogP contribution in [-0.4, -0.2) is 92.0 Å². The van der Waals surface area contributed by atoms with Crippen LogP contribution in [0.4, 0.5) is 34.1 Å². The van der Waals surface area contributed by atoms with Crippen LogP contribution in [0.15, 0.2) is 54.6 Å². The van der Waals surface area contributed by atoms with Crippen molar-refractivity contribution >= 4 is 68.1 Å². The van der Waals surface area contributed by atoms with Gasteiger partial charge in [-0.1, -0.05) is 18.2 Å². The van der Waals surface area contributed by atoms with Gasteiger partial charge in [0.15, 0.2) is 0 Å². The van der Waals surface area contributed by atoms with Crippen molar-refractivity contribution in [3.05, 3.63) is 54.6 Å². The van der Waals surface area contributed by atoms with E-state index in [0.717, 1.165) is 34.1 Å². The van der Waals surface area contributed by atoms with Gasteiger partial charge in [-0.05, 0) is 52.0 Å². The van der Waals surface area contributed by atoms with Crippen LogP contribution >= 0.6 is 11.1 Å². The van der Waals surface area contributed by atoms with Crippen molar-refractivity contribution < 1.29 is 0 Å². The van der Waals surface area contributed by atoms with Gasteiger partial charge in [-0.15, -0.1) is 11.1 Å². The molecule has 0 aliphatic carbocycles. The first kappa shape index (κ1) is 29.5. The highest BCUT2D eigenvalue weighted by Crippen LogP contribution is 2.31. The average Bonchev–Trinajstić information content (AvgIpc) is 2.86. The molecule has 0 atom stereocenters. The van der Waals surface area contributed by atoms with E-state index in [1.165, 1.54) is 15.6 Å². The quantitative estimate of drug-likeness (QED) is 0.229. The third kappa shape index (κ3) is 5.54. The topological polar surface area (TPSA) is 19.4 Å². The Labute approximate surface area is 236 Å². The van der Waals surface area contributed by atoms with Gasteiger partial charge in [-0.25, -0.2) is 0 Å². The van der Waals surface area contributed by atoms with Crippen molar-refractivity contribution in [1.82, 2.24) is 0 Å². The molecule has 0 amide bonds. The number of halogens is 1. The largest absolute Gasteiger partial charge is 0.378 e. The minimum atomic E-state index is -3.08. The second-order valence-corrected chi connectivity index (χ2v) is 15.8. The number of benzene rings is 3.